The SMILES string of the molecule is Brc1nnnn1C1CCCCC1. The van der Waals surface area contributed by atoms with Crippen molar-refractivity contribution < 1.29 is 0 Å². The van der Waals surface area contributed by atoms with Gasteiger partial charge in [-0.3, -0.25) is 0 Å². The van der Waals surface area contributed by atoms with E-state index in [4.69, 9.17) is 0 Å². The third kappa shape index (κ3) is 1.50. The number of halogens is 1. The second kappa shape index (κ2) is 3.51. The topological polar surface area (TPSA) is 43.6 Å². The van der Waals surface area contributed by atoms with E-state index in [9.17, 15) is 0 Å². The van der Waals surface area contributed by atoms with Crippen molar-refractivity contribution in [3.63, 3.8) is 0 Å². The van der Waals surface area contributed by atoms with E-state index < -0.39 is 0 Å². The molecule has 1 aliphatic carbocycles. The number of hydrogen-bond donors (Lipinski definition) is 0. The molecule has 1 aromatic rings. The van der Waals surface area contributed by atoms with E-state index in [1.807, 2.05) is 4.68 Å². The van der Waals surface area contributed by atoms with E-state index in [-0.39, 0.29) is 0 Å². The van der Waals surface area contributed by atoms with E-state index >= 15 is 0 Å². The number of tetrazole rings is 1. The molecule has 1 aliphatic rings. The molecule has 4 nitrogen and oxygen atoms in total. The molecular weight excluding hydrogens is 220 g/mol. The lowest BCUT2D eigenvalue weighted by Crippen LogP contribution is -2.14. The van der Waals surface area contributed by atoms with E-state index in [1.54, 1.807) is 0 Å². The lowest BCUT2D eigenvalue weighted by molar-refractivity contribution is 0.320. The average molecular weight is 231 g/mol. The van der Waals surface area contributed by atoms with Gasteiger partial charge >= 0.3 is 0 Å². The maximum absolute atomic E-state index is 3.95. The van der Waals surface area contributed by atoms with Crippen LogP contribution in [0, 0.1) is 0 Å². The monoisotopic (exact) mass is 230 g/mol. The van der Waals surface area contributed by atoms with Crippen LogP contribution >= 0.6 is 15.9 Å². The summed E-state index contributed by atoms with van der Waals surface area (Å²) in [5.74, 6) is 0. The molecule has 0 aromatic carbocycles. The summed E-state index contributed by atoms with van der Waals surface area (Å²) in [5, 5.41) is 11.4. The molecule has 0 radical (unpaired) electrons. The maximum Gasteiger partial charge on any atom is 0.218 e. The van der Waals surface area contributed by atoms with E-state index in [1.165, 1.54) is 32.1 Å². The van der Waals surface area contributed by atoms with Crippen LogP contribution < -0.4 is 0 Å². The quantitative estimate of drug-likeness (QED) is 0.741. The van der Waals surface area contributed by atoms with Crippen molar-refractivity contribution in [3.05, 3.63) is 4.73 Å². The van der Waals surface area contributed by atoms with Crippen molar-refractivity contribution in [1.82, 2.24) is 20.2 Å². The molecule has 0 aliphatic heterocycles. The summed E-state index contributed by atoms with van der Waals surface area (Å²) in [6.45, 7) is 0. The molecule has 0 unspecified atom stereocenters. The van der Waals surface area contributed by atoms with Crippen LogP contribution in [0.1, 0.15) is 38.1 Å². The van der Waals surface area contributed by atoms with Gasteiger partial charge in [0.15, 0.2) is 0 Å². The molecular formula is C7H11BrN4. The zero-order valence-electron chi connectivity index (χ0n) is 6.78. The number of aromatic nitrogens is 4. The smallest absolute Gasteiger partial charge is 0.217 e. The fourth-order valence-corrected chi connectivity index (χ4v) is 2.16. The van der Waals surface area contributed by atoms with Gasteiger partial charge in [0.1, 0.15) is 0 Å². The Morgan fingerprint density at radius 1 is 1.25 bits per heavy atom. The number of nitrogens with zero attached hydrogens (tertiary/aromatic N) is 4. The summed E-state index contributed by atoms with van der Waals surface area (Å²) >= 11 is 3.33. The van der Waals surface area contributed by atoms with Gasteiger partial charge in [0, 0.05) is 0 Å². The molecule has 0 bridgehead atoms. The van der Waals surface area contributed by atoms with Gasteiger partial charge in [-0.25, -0.2) is 4.68 Å². The highest BCUT2D eigenvalue weighted by atomic mass is 79.9. The Kier molecular flexibility index (Phi) is 2.39. The number of rotatable bonds is 1. The van der Waals surface area contributed by atoms with Crippen LogP contribution in [-0.2, 0) is 0 Å². The first-order chi connectivity index (χ1) is 5.88. The van der Waals surface area contributed by atoms with Crippen molar-refractivity contribution in [2.24, 2.45) is 0 Å². The third-order valence-electron chi connectivity index (χ3n) is 2.37. The molecule has 0 N–H and O–H groups in total. The second-order valence-electron chi connectivity index (χ2n) is 3.18. The largest absolute Gasteiger partial charge is 0.218 e. The van der Waals surface area contributed by atoms with Gasteiger partial charge in [-0.15, -0.1) is 5.10 Å². The summed E-state index contributed by atoms with van der Waals surface area (Å²) in [4.78, 5) is 0. The molecule has 2 rings (SSSR count). The van der Waals surface area contributed by atoms with Crippen LogP contribution in [0.5, 0.6) is 0 Å². The van der Waals surface area contributed by atoms with Gasteiger partial charge < -0.3 is 0 Å². The third-order valence-corrected chi connectivity index (χ3v) is 2.90. The Balaban J connectivity index is 2.13. The van der Waals surface area contributed by atoms with Gasteiger partial charge in [-0.05, 0) is 39.2 Å². The van der Waals surface area contributed by atoms with Gasteiger partial charge in [0.2, 0.25) is 4.73 Å². The summed E-state index contributed by atoms with van der Waals surface area (Å²) in [6, 6.07) is 0.517. The fraction of sp³-hybridized carbons (Fsp3) is 0.857. The van der Waals surface area contributed by atoms with Crippen LogP contribution in [-0.4, -0.2) is 20.2 Å². The first-order valence-corrected chi connectivity index (χ1v) is 5.10. The molecule has 5 heteroatoms. The van der Waals surface area contributed by atoms with Gasteiger partial charge in [0.25, 0.3) is 0 Å². The Hall–Kier alpha value is -0.450. The molecule has 0 saturated heterocycles. The first-order valence-electron chi connectivity index (χ1n) is 4.31. The molecule has 1 fully saturated rings. The first kappa shape index (κ1) is 8.16. The van der Waals surface area contributed by atoms with Crippen molar-refractivity contribution in [3.8, 4) is 0 Å². The summed E-state index contributed by atoms with van der Waals surface area (Å²) in [6.07, 6.45) is 6.39. The lowest BCUT2D eigenvalue weighted by Gasteiger charge is -2.20. The van der Waals surface area contributed by atoms with Crippen LogP contribution in [0.25, 0.3) is 0 Å². The molecule has 1 saturated carbocycles. The Bertz CT molecular complexity index is 254. The number of hydrogen-bond acceptors (Lipinski definition) is 3. The lowest BCUT2D eigenvalue weighted by atomic mass is 9.96. The average Bonchev–Trinajstić information content (AvgIpc) is 2.53. The van der Waals surface area contributed by atoms with E-state index in [2.05, 4.69) is 31.5 Å². The van der Waals surface area contributed by atoms with Crippen molar-refractivity contribution in [2.45, 2.75) is 38.1 Å². The molecule has 66 valence electrons. The van der Waals surface area contributed by atoms with E-state index in [0.29, 0.717) is 6.04 Å². The maximum atomic E-state index is 3.95. The van der Waals surface area contributed by atoms with Crippen LogP contribution in [0.15, 0.2) is 4.73 Å². The predicted molar refractivity (Wildman–Crippen MR) is 47.6 cm³/mol. The normalized spacial score (nSPS) is 19.8. The highest BCUT2D eigenvalue weighted by Gasteiger charge is 2.18. The second-order valence-corrected chi connectivity index (χ2v) is 3.89. The molecule has 0 amide bonds. The fourth-order valence-electron chi connectivity index (χ4n) is 1.73. The van der Waals surface area contributed by atoms with Gasteiger partial charge in [0.05, 0.1) is 6.04 Å². The Morgan fingerprint density at radius 2 is 2.00 bits per heavy atom. The molecule has 1 heterocycles. The van der Waals surface area contributed by atoms with Crippen LogP contribution in [0.2, 0.25) is 0 Å². The minimum atomic E-state index is 0.517. The predicted octanol–water partition coefficient (Wildman–Crippen LogP) is 1.94. The Labute approximate surface area is 79.5 Å². The minimum absolute atomic E-state index is 0.517. The minimum Gasteiger partial charge on any atom is -0.217 e. The van der Waals surface area contributed by atoms with Crippen LogP contribution in [0.3, 0.4) is 0 Å². The van der Waals surface area contributed by atoms with Gasteiger partial charge in [-0.2, -0.15) is 0 Å². The highest BCUT2D eigenvalue weighted by Crippen LogP contribution is 2.28. The van der Waals surface area contributed by atoms with Gasteiger partial charge in [-0.1, -0.05) is 19.3 Å². The molecule has 0 atom stereocenters. The summed E-state index contributed by atoms with van der Waals surface area (Å²) < 4.78 is 2.65. The highest BCUT2D eigenvalue weighted by molar-refractivity contribution is 9.10. The zero-order chi connectivity index (χ0) is 8.39. The Morgan fingerprint density at radius 3 is 2.58 bits per heavy atom. The van der Waals surface area contributed by atoms with Crippen molar-refractivity contribution in [1.29, 1.82) is 0 Å². The standard InChI is InChI=1S/C7H11BrN4/c8-7-9-10-11-12(7)6-4-2-1-3-5-6/h6H,1-5H2. The zero-order valence-corrected chi connectivity index (χ0v) is 8.37. The van der Waals surface area contributed by atoms with E-state index in [0.717, 1.165) is 4.73 Å². The molecule has 1 aromatic heterocycles. The summed E-state index contributed by atoms with van der Waals surface area (Å²) in [5.41, 5.74) is 0. The van der Waals surface area contributed by atoms with Crippen molar-refractivity contribution >= 4 is 15.9 Å². The van der Waals surface area contributed by atoms with Crippen molar-refractivity contribution in [2.75, 3.05) is 0 Å². The molecule has 0 spiro atoms. The summed E-state index contributed by atoms with van der Waals surface area (Å²) in [7, 11) is 0. The molecule has 12 heavy (non-hydrogen) atoms. The van der Waals surface area contributed by atoms with Crippen LogP contribution in [0.4, 0.5) is 0 Å².